The fraction of sp³-hybridized carbons (Fsp3) is 0.667. The summed E-state index contributed by atoms with van der Waals surface area (Å²) in [6, 6.07) is 0. The lowest BCUT2D eigenvalue weighted by molar-refractivity contribution is 0.368. The molecule has 1 nitrogen and oxygen atoms in total. The molecule has 1 rings (SSSR count). The minimum atomic E-state index is -1.41. The maximum absolute atomic E-state index is 6.11. The molecule has 0 unspecified atom stereocenters. The van der Waals surface area contributed by atoms with Crippen LogP contribution in [0.15, 0.2) is 24.0 Å². The van der Waals surface area contributed by atoms with Crippen LogP contribution in [-0.4, -0.2) is 8.32 Å². The van der Waals surface area contributed by atoms with E-state index in [-0.39, 0.29) is 0 Å². The lowest BCUT2D eigenvalue weighted by atomic mass is 9.95. The molecule has 14 heavy (non-hydrogen) atoms. The Morgan fingerprint density at radius 1 is 1.29 bits per heavy atom. The Labute approximate surface area is 89.0 Å². The molecule has 0 aromatic heterocycles. The summed E-state index contributed by atoms with van der Waals surface area (Å²) in [5.41, 5.74) is 1.49. The average Bonchev–Trinajstić information content (AvgIpc) is 2.06. The van der Waals surface area contributed by atoms with Crippen molar-refractivity contribution >= 4 is 8.32 Å². The first-order valence-corrected chi connectivity index (χ1v) is 8.94. The molecule has 80 valence electrons. The van der Waals surface area contributed by atoms with E-state index in [0.717, 1.165) is 12.8 Å². The third kappa shape index (κ3) is 3.70. The van der Waals surface area contributed by atoms with Crippen LogP contribution in [0.3, 0.4) is 0 Å². The molecule has 0 saturated heterocycles. The van der Waals surface area contributed by atoms with Crippen LogP contribution in [0, 0.1) is 0 Å². The van der Waals surface area contributed by atoms with Crippen molar-refractivity contribution in [2.24, 2.45) is 0 Å². The Morgan fingerprint density at radius 3 is 2.50 bits per heavy atom. The minimum absolute atomic E-state index is 1.01. The number of allylic oxidation sites excluding steroid dienone is 3. The predicted molar refractivity (Wildman–Crippen MR) is 64.7 cm³/mol. The van der Waals surface area contributed by atoms with Crippen molar-refractivity contribution in [3.05, 3.63) is 24.0 Å². The van der Waals surface area contributed by atoms with E-state index in [0.29, 0.717) is 0 Å². The molecule has 0 heterocycles. The second-order valence-corrected chi connectivity index (χ2v) is 9.37. The Bertz CT molecular complexity index is 235. The van der Waals surface area contributed by atoms with Crippen molar-refractivity contribution in [1.29, 1.82) is 0 Å². The van der Waals surface area contributed by atoms with Crippen molar-refractivity contribution in [1.82, 2.24) is 0 Å². The van der Waals surface area contributed by atoms with E-state index in [1.54, 1.807) is 0 Å². The minimum Gasteiger partial charge on any atom is -0.547 e. The van der Waals surface area contributed by atoms with Gasteiger partial charge in [0.2, 0.25) is 8.32 Å². The normalized spacial score (nSPS) is 18.2. The molecule has 2 heteroatoms. The molecule has 0 spiro atoms. The third-order valence-corrected chi connectivity index (χ3v) is 3.21. The van der Waals surface area contributed by atoms with Crippen LogP contribution in [0.25, 0.3) is 0 Å². The molecule has 1 aliphatic rings. The zero-order chi connectivity index (χ0) is 10.6. The van der Waals surface area contributed by atoms with Crippen LogP contribution in [0.2, 0.25) is 19.6 Å². The van der Waals surface area contributed by atoms with Gasteiger partial charge in [0.05, 0.1) is 5.76 Å². The molecule has 0 fully saturated rings. The maximum Gasteiger partial charge on any atom is 0.241 e. The smallest absolute Gasteiger partial charge is 0.241 e. The van der Waals surface area contributed by atoms with E-state index in [1.165, 1.54) is 30.6 Å². The Balaban J connectivity index is 2.72. The highest BCUT2D eigenvalue weighted by Crippen LogP contribution is 2.29. The summed E-state index contributed by atoms with van der Waals surface area (Å²) < 4.78 is 6.11. The lowest BCUT2D eigenvalue weighted by Gasteiger charge is -2.27. The van der Waals surface area contributed by atoms with Gasteiger partial charge in [0, 0.05) is 6.42 Å². The standard InChI is InChI=1S/C12H22OSi/c1-5-8-11-9-6-7-10-12(11)13-14(2,3)4/h5H,1,6-10H2,2-4H3. The van der Waals surface area contributed by atoms with E-state index < -0.39 is 8.32 Å². The predicted octanol–water partition coefficient (Wildman–Crippen LogP) is 4.24. The molecule has 0 aromatic carbocycles. The molecule has 0 saturated carbocycles. The van der Waals surface area contributed by atoms with Crippen molar-refractivity contribution in [2.75, 3.05) is 0 Å². The average molecular weight is 210 g/mol. The summed E-state index contributed by atoms with van der Waals surface area (Å²) in [6.45, 7) is 10.6. The Hall–Kier alpha value is -0.503. The van der Waals surface area contributed by atoms with Crippen LogP contribution < -0.4 is 0 Å². The summed E-state index contributed by atoms with van der Waals surface area (Å²) in [5.74, 6) is 1.29. The first-order valence-electron chi connectivity index (χ1n) is 5.54. The van der Waals surface area contributed by atoms with E-state index in [9.17, 15) is 0 Å². The molecule has 0 radical (unpaired) electrons. The van der Waals surface area contributed by atoms with Gasteiger partial charge in [-0.05, 0) is 50.9 Å². The molecule has 0 aromatic rings. The second kappa shape index (κ2) is 4.83. The number of rotatable bonds is 4. The van der Waals surface area contributed by atoms with Gasteiger partial charge in [0.25, 0.3) is 0 Å². The van der Waals surface area contributed by atoms with Gasteiger partial charge in [-0.15, -0.1) is 6.58 Å². The van der Waals surface area contributed by atoms with Crippen LogP contribution in [-0.2, 0) is 4.43 Å². The zero-order valence-electron chi connectivity index (χ0n) is 9.73. The van der Waals surface area contributed by atoms with E-state index in [4.69, 9.17) is 4.43 Å². The highest BCUT2D eigenvalue weighted by molar-refractivity contribution is 6.70. The van der Waals surface area contributed by atoms with Gasteiger partial charge in [-0.3, -0.25) is 0 Å². The summed E-state index contributed by atoms with van der Waals surface area (Å²) in [7, 11) is -1.41. The lowest BCUT2D eigenvalue weighted by Crippen LogP contribution is -2.26. The van der Waals surface area contributed by atoms with Crippen molar-refractivity contribution in [2.45, 2.75) is 51.7 Å². The van der Waals surface area contributed by atoms with E-state index >= 15 is 0 Å². The first kappa shape index (κ1) is 11.6. The van der Waals surface area contributed by atoms with Gasteiger partial charge < -0.3 is 4.43 Å². The van der Waals surface area contributed by atoms with Gasteiger partial charge >= 0.3 is 0 Å². The molecular formula is C12H22OSi. The quantitative estimate of drug-likeness (QED) is 0.498. The maximum atomic E-state index is 6.11. The second-order valence-electron chi connectivity index (χ2n) is 4.94. The van der Waals surface area contributed by atoms with Crippen molar-refractivity contribution in [3.8, 4) is 0 Å². The van der Waals surface area contributed by atoms with E-state index in [1.807, 2.05) is 6.08 Å². The van der Waals surface area contributed by atoms with Crippen LogP contribution >= 0.6 is 0 Å². The molecule has 0 atom stereocenters. The van der Waals surface area contributed by atoms with Crippen LogP contribution in [0.5, 0.6) is 0 Å². The third-order valence-electron chi connectivity index (χ3n) is 2.35. The van der Waals surface area contributed by atoms with Crippen molar-refractivity contribution < 1.29 is 4.43 Å². The van der Waals surface area contributed by atoms with Gasteiger partial charge in [-0.25, -0.2) is 0 Å². The highest BCUT2D eigenvalue weighted by Gasteiger charge is 2.21. The van der Waals surface area contributed by atoms with Gasteiger partial charge in [0.15, 0.2) is 0 Å². The Morgan fingerprint density at radius 2 is 1.93 bits per heavy atom. The topological polar surface area (TPSA) is 9.23 Å². The van der Waals surface area contributed by atoms with Crippen LogP contribution in [0.4, 0.5) is 0 Å². The van der Waals surface area contributed by atoms with Gasteiger partial charge in [-0.2, -0.15) is 0 Å². The van der Waals surface area contributed by atoms with Gasteiger partial charge in [-0.1, -0.05) is 6.08 Å². The molecule has 0 bridgehead atoms. The SMILES string of the molecule is C=CCC1=C(O[Si](C)(C)C)CCCC1. The zero-order valence-corrected chi connectivity index (χ0v) is 10.7. The summed E-state index contributed by atoms with van der Waals surface area (Å²) in [5, 5.41) is 0. The van der Waals surface area contributed by atoms with Gasteiger partial charge in [0.1, 0.15) is 0 Å². The summed E-state index contributed by atoms with van der Waals surface area (Å²) in [6.07, 6.45) is 7.98. The number of hydrogen-bond acceptors (Lipinski definition) is 1. The molecule has 1 aliphatic carbocycles. The monoisotopic (exact) mass is 210 g/mol. The van der Waals surface area contributed by atoms with Crippen LogP contribution in [0.1, 0.15) is 32.1 Å². The van der Waals surface area contributed by atoms with Crippen molar-refractivity contribution in [3.63, 3.8) is 0 Å². The largest absolute Gasteiger partial charge is 0.547 e. The summed E-state index contributed by atoms with van der Waals surface area (Å²) in [4.78, 5) is 0. The highest BCUT2D eigenvalue weighted by atomic mass is 28.4. The fourth-order valence-electron chi connectivity index (χ4n) is 1.82. The number of hydrogen-bond donors (Lipinski definition) is 0. The van der Waals surface area contributed by atoms with E-state index in [2.05, 4.69) is 26.2 Å². The first-order chi connectivity index (χ1) is 6.53. The fourth-order valence-corrected chi connectivity index (χ4v) is 2.81. The molecule has 0 amide bonds. The Kier molecular flexibility index (Phi) is 3.99. The molecular weight excluding hydrogens is 188 g/mol. The molecule has 0 aliphatic heterocycles. The molecule has 0 N–H and O–H groups in total. The summed E-state index contributed by atoms with van der Waals surface area (Å²) >= 11 is 0.